The number of halogens is 1. The summed E-state index contributed by atoms with van der Waals surface area (Å²) in [5.41, 5.74) is 3.14. The Morgan fingerprint density at radius 1 is 1.21 bits per heavy atom. The van der Waals surface area contributed by atoms with E-state index >= 15 is 0 Å². The van der Waals surface area contributed by atoms with E-state index in [1.807, 2.05) is 42.2 Å². The van der Waals surface area contributed by atoms with Crippen molar-refractivity contribution in [3.05, 3.63) is 68.4 Å². The van der Waals surface area contributed by atoms with E-state index in [1.165, 1.54) is 22.9 Å². The van der Waals surface area contributed by atoms with Crippen LogP contribution in [-0.4, -0.2) is 32.7 Å². The van der Waals surface area contributed by atoms with Gasteiger partial charge >= 0.3 is 0 Å². The minimum Gasteiger partial charge on any atom is -0.337 e. The van der Waals surface area contributed by atoms with E-state index in [9.17, 15) is 9.59 Å². The molecular weight excluding hydrogens is 450 g/mol. The summed E-state index contributed by atoms with van der Waals surface area (Å²) in [5, 5.41) is 1.20. The Hall–Kier alpha value is -2.12. The lowest BCUT2D eigenvalue weighted by Crippen LogP contribution is -2.37. The molecule has 0 spiro atoms. The van der Waals surface area contributed by atoms with Crippen molar-refractivity contribution in [2.75, 3.05) is 12.3 Å². The van der Waals surface area contributed by atoms with Gasteiger partial charge in [0, 0.05) is 24.1 Å². The second kappa shape index (κ2) is 8.71. The first-order chi connectivity index (χ1) is 14.1. The highest BCUT2D eigenvalue weighted by Crippen LogP contribution is 2.23. The number of amides is 1. The number of hydrogen-bond donors (Lipinski definition) is 0. The SMILES string of the molecule is CCCn1c(SCC(=O)N2CCc3ccccc3C2)nc2ccc(Br)cc2c1=O. The highest BCUT2D eigenvalue weighted by Gasteiger charge is 2.21. The highest BCUT2D eigenvalue weighted by atomic mass is 79.9. The van der Waals surface area contributed by atoms with Gasteiger partial charge in [-0.1, -0.05) is 58.9 Å². The maximum Gasteiger partial charge on any atom is 0.262 e. The third kappa shape index (κ3) is 4.26. The molecule has 0 atom stereocenters. The van der Waals surface area contributed by atoms with Crippen LogP contribution >= 0.6 is 27.7 Å². The van der Waals surface area contributed by atoms with Gasteiger partial charge in [0.1, 0.15) is 0 Å². The van der Waals surface area contributed by atoms with E-state index in [2.05, 4.69) is 33.0 Å². The Labute approximate surface area is 182 Å². The predicted octanol–water partition coefficient (Wildman–Crippen LogP) is 4.25. The van der Waals surface area contributed by atoms with Gasteiger partial charge in [0.25, 0.3) is 5.56 Å². The number of carbonyl (C=O) groups is 1. The molecule has 7 heteroatoms. The average molecular weight is 472 g/mol. The molecule has 0 bridgehead atoms. The number of benzene rings is 2. The largest absolute Gasteiger partial charge is 0.337 e. The molecule has 1 aliphatic heterocycles. The van der Waals surface area contributed by atoms with Gasteiger partial charge in [0.15, 0.2) is 5.16 Å². The van der Waals surface area contributed by atoms with Crippen molar-refractivity contribution in [1.29, 1.82) is 0 Å². The molecule has 3 aromatic rings. The van der Waals surface area contributed by atoms with E-state index in [0.717, 1.165) is 23.9 Å². The van der Waals surface area contributed by atoms with Crippen molar-refractivity contribution < 1.29 is 4.79 Å². The minimum atomic E-state index is -0.0556. The molecule has 0 saturated carbocycles. The maximum absolute atomic E-state index is 13.0. The molecule has 5 nitrogen and oxygen atoms in total. The molecule has 0 fully saturated rings. The molecule has 1 aromatic heterocycles. The Morgan fingerprint density at radius 3 is 2.79 bits per heavy atom. The number of aromatic nitrogens is 2. The van der Waals surface area contributed by atoms with Crippen LogP contribution < -0.4 is 5.56 Å². The first-order valence-corrected chi connectivity index (χ1v) is 11.5. The summed E-state index contributed by atoms with van der Waals surface area (Å²) in [7, 11) is 0. The van der Waals surface area contributed by atoms with Gasteiger partial charge in [-0.25, -0.2) is 4.98 Å². The monoisotopic (exact) mass is 471 g/mol. The molecule has 0 aliphatic carbocycles. The number of hydrogen-bond acceptors (Lipinski definition) is 4. The van der Waals surface area contributed by atoms with Crippen LogP contribution in [0.15, 0.2) is 56.9 Å². The summed E-state index contributed by atoms with van der Waals surface area (Å²) in [5.74, 6) is 0.359. The van der Waals surface area contributed by atoms with Crippen LogP contribution in [0.2, 0.25) is 0 Å². The first kappa shape index (κ1) is 20.2. The van der Waals surface area contributed by atoms with Crippen molar-refractivity contribution in [2.45, 2.75) is 38.0 Å². The first-order valence-electron chi connectivity index (χ1n) is 9.74. The summed E-state index contributed by atoms with van der Waals surface area (Å²) < 4.78 is 2.55. The predicted molar refractivity (Wildman–Crippen MR) is 120 cm³/mol. The quantitative estimate of drug-likeness (QED) is 0.412. The average Bonchev–Trinajstić information content (AvgIpc) is 2.74. The number of rotatable bonds is 5. The Morgan fingerprint density at radius 2 is 2.00 bits per heavy atom. The molecule has 0 saturated heterocycles. The molecule has 2 aromatic carbocycles. The number of carbonyl (C=O) groups excluding carboxylic acids is 1. The topological polar surface area (TPSA) is 55.2 Å². The van der Waals surface area contributed by atoms with Gasteiger partial charge in [-0.05, 0) is 42.2 Å². The summed E-state index contributed by atoms with van der Waals surface area (Å²) in [6, 6.07) is 13.8. The molecule has 1 amide bonds. The highest BCUT2D eigenvalue weighted by molar-refractivity contribution is 9.10. The van der Waals surface area contributed by atoms with Crippen molar-refractivity contribution in [1.82, 2.24) is 14.5 Å². The van der Waals surface area contributed by atoms with Gasteiger partial charge in [-0.15, -0.1) is 0 Å². The molecule has 150 valence electrons. The van der Waals surface area contributed by atoms with E-state index in [0.29, 0.717) is 29.1 Å². The van der Waals surface area contributed by atoms with Crippen molar-refractivity contribution in [3.8, 4) is 0 Å². The van der Waals surface area contributed by atoms with E-state index in [-0.39, 0.29) is 17.2 Å². The third-order valence-corrected chi connectivity index (χ3v) is 6.59. The zero-order valence-corrected chi connectivity index (χ0v) is 18.6. The van der Waals surface area contributed by atoms with Gasteiger partial charge in [-0.3, -0.25) is 14.2 Å². The Balaban J connectivity index is 1.55. The molecule has 1 aliphatic rings. The van der Waals surface area contributed by atoms with Crippen LogP contribution in [0.5, 0.6) is 0 Å². The summed E-state index contributed by atoms with van der Waals surface area (Å²) >= 11 is 4.77. The lowest BCUT2D eigenvalue weighted by molar-refractivity contribution is -0.129. The molecule has 0 unspecified atom stereocenters. The second-order valence-electron chi connectivity index (χ2n) is 7.14. The van der Waals surface area contributed by atoms with E-state index in [4.69, 9.17) is 0 Å². The summed E-state index contributed by atoms with van der Waals surface area (Å²) in [4.78, 5) is 32.4. The second-order valence-corrected chi connectivity index (χ2v) is 8.99. The van der Waals surface area contributed by atoms with Gasteiger partial charge in [0.05, 0.1) is 16.7 Å². The van der Waals surface area contributed by atoms with Crippen molar-refractivity contribution in [2.24, 2.45) is 0 Å². The molecule has 0 N–H and O–H groups in total. The van der Waals surface area contributed by atoms with Crippen LogP contribution in [0, 0.1) is 0 Å². The van der Waals surface area contributed by atoms with E-state index < -0.39 is 0 Å². The lowest BCUT2D eigenvalue weighted by Gasteiger charge is -2.28. The normalized spacial score (nSPS) is 13.5. The minimum absolute atomic E-state index is 0.0556. The standard InChI is InChI=1S/C22H22BrN3O2S/c1-2-10-26-21(28)18-12-17(23)7-8-19(18)24-22(26)29-14-20(27)25-11-9-15-5-3-4-6-16(15)13-25/h3-8,12H,2,9-11,13-14H2,1H3. The van der Waals surface area contributed by atoms with Crippen LogP contribution in [0.1, 0.15) is 24.5 Å². The summed E-state index contributed by atoms with van der Waals surface area (Å²) in [6.45, 7) is 4.00. The lowest BCUT2D eigenvalue weighted by atomic mass is 10.00. The van der Waals surface area contributed by atoms with E-state index in [1.54, 1.807) is 4.57 Å². The molecule has 29 heavy (non-hydrogen) atoms. The van der Waals surface area contributed by atoms with Crippen LogP contribution in [-0.2, 0) is 24.3 Å². The Bertz CT molecular complexity index is 1130. The van der Waals surface area contributed by atoms with Crippen LogP contribution in [0.25, 0.3) is 10.9 Å². The van der Waals surface area contributed by atoms with Crippen molar-refractivity contribution >= 4 is 44.5 Å². The zero-order valence-electron chi connectivity index (χ0n) is 16.2. The molecular formula is C22H22BrN3O2S. The maximum atomic E-state index is 13.0. The number of nitrogens with zero attached hydrogens (tertiary/aromatic N) is 3. The summed E-state index contributed by atoms with van der Waals surface area (Å²) in [6.07, 6.45) is 1.71. The van der Waals surface area contributed by atoms with Gasteiger partial charge in [-0.2, -0.15) is 0 Å². The van der Waals surface area contributed by atoms with Crippen LogP contribution in [0.4, 0.5) is 0 Å². The fourth-order valence-corrected chi connectivity index (χ4v) is 4.92. The molecule has 0 radical (unpaired) electrons. The van der Waals surface area contributed by atoms with Crippen molar-refractivity contribution in [3.63, 3.8) is 0 Å². The van der Waals surface area contributed by atoms with Gasteiger partial charge < -0.3 is 4.90 Å². The number of thioether (sulfide) groups is 1. The fourth-order valence-electron chi connectivity index (χ4n) is 3.63. The molecule has 4 rings (SSSR count). The Kier molecular flexibility index (Phi) is 6.06. The van der Waals surface area contributed by atoms with Crippen LogP contribution in [0.3, 0.4) is 0 Å². The third-order valence-electron chi connectivity index (χ3n) is 5.14. The van der Waals surface area contributed by atoms with Gasteiger partial charge in [0.2, 0.25) is 5.91 Å². The zero-order chi connectivity index (χ0) is 20.4. The molecule has 2 heterocycles. The smallest absolute Gasteiger partial charge is 0.262 e. The number of fused-ring (bicyclic) bond motifs is 2. The fraction of sp³-hybridized carbons (Fsp3) is 0.318.